The highest BCUT2D eigenvalue weighted by molar-refractivity contribution is 5.10. The summed E-state index contributed by atoms with van der Waals surface area (Å²) in [4.78, 5) is 2.65. The number of aliphatic hydroxyl groups excluding tert-OH is 2. The molecule has 0 bridgehead atoms. The van der Waals surface area contributed by atoms with Gasteiger partial charge in [-0.15, -0.1) is 6.42 Å². The zero-order chi connectivity index (χ0) is 14.4. The molecule has 2 heterocycles. The molecule has 2 fully saturated rings. The molecule has 2 rings (SSSR count). The van der Waals surface area contributed by atoms with E-state index in [0.717, 1.165) is 19.1 Å². The highest BCUT2D eigenvalue weighted by atomic mass is 16.3. The van der Waals surface area contributed by atoms with Crippen LogP contribution < -0.4 is 0 Å². The Kier molecular flexibility index (Phi) is 5.55. The predicted octanol–water partition coefficient (Wildman–Crippen LogP) is 3.55. The molecule has 2 N–H and O–H groups in total. The normalized spacial score (nSPS) is 31.4. The fraction of sp³-hybridized carbons (Fsp3) is 0.647. The number of hydrogen-bond acceptors (Lipinski definition) is 3. The lowest BCUT2D eigenvalue weighted by atomic mass is 9.82. The second-order valence-electron chi connectivity index (χ2n) is 5.90. The molecule has 0 aromatic carbocycles. The van der Waals surface area contributed by atoms with Crippen molar-refractivity contribution in [2.24, 2.45) is 5.92 Å². The van der Waals surface area contributed by atoms with Crippen molar-refractivity contribution < 1.29 is 10.2 Å². The molecule has 3 atom stereocenters. The first-order valence-corrected chi connectivity index (χ1v) is 7.65. The van der Waals surface area contributed by atoms with Crippen LogP contribution in [0.15, 0.2) is 24.2 Å². The lowest BCUT2D eigenvalue weighted by molar-refractivity contribution is 0.0699. The number of aliphatic hydroxyl groups is 2. The fourth-order valence-corrected chi connectivity index (χ4v) is 3.82. The average molecular weight is 275 g/mol. The van der Waals surface area contributed by atoms with Gasteiger partial charge >= 0.3 is 0 Å². The van der Waals surface area contributed by atoms with Crippen molar-refractivity contribution in [2.45, 2.75) is 57.0 Å². The van der Waals surface area contributed by atoms with Gasteiger partial charge in [0.2, 0.25) is 0 Å². The van der Waals surface area contributed by atoms with E-state index in [1.807, 2.05) is 0 Å². The van der Waals surface area contributed by atoms with E-state index < -0.39 is 0 Å². The van der Waals surface area contributed by atoms with Crippen molar-refractivity contribution in [3.05, 3.63) is 24.2 Å². The van der Waals surface area contributed by atoms with Crippen LogP contribution in [0.2, 0.25) is 0 Å². The predicted molar refractivity (Wildman–Crippen MR) is 81.4 cm³/mol. The van der Waals surface area contributed by atoms with Crippen LogP contribution in [0.3, 0.4) is 0 Å². The number of fused-ring (bicyclic) bond motifs is 1. The van der Waals surface area contributed by atoms with Crippen LogP contribution in [0.25, 0.3) is 0 Å². The molecule has 0 saturated carbocycles. The summed E-state index contributed by atoms with van der Waals surface area (Å²) in [5, 5.41) is 18.2. The smallest absolute Gasteiger partial charge is 0.126 e. The van der Waals surface area contributed by atoms with Crippen molar-refractivity contribution in [1.82, 2.24) is 4.90 Å². The molecule has 3 unspecified atom stereocenters. The Morgan fingerprint density at radius 2 is 2.20 bits per heavy atom. The molecule has 0 amide bonds. The summed E-state index contributed by atoms with van der Waals surface area (Å²) in [7, 11) is 0. The van der Waals surface area contributed by atoms with Gasteiger partial charge in [0.25, 0.3) is 0 Å². The summed E-state index contributed by atoms with van der Waals surface area (Å²) in [6, 6.07) is 1.28. The SMILES string of the molecule is C#CC=CCC1CCC(CCC(O)=CO)C2CCCN12. The van der Waals surface area contributed by atoms with E-state index in [-0.39, 0.29) is 5.76 Å². The highest BCUT2D eigenvalue weighted by Gasteiger charge is 2.38. The standard InChI is InChI=1S/C17H25NO2/c1-2-3-4-6-15-10-8-14(9-11-16(20)13-19)17-7-5-12-18(15)17/h1,3-4,13-15,17,19-20H,5-12H2. The zero-order valence-corrected chi connectivity index (χ0v) is 12.0. The number of terminal acetylenes is 1. The van der Waals surface area contributed by atoms with Gasteiger partial charge in [-0.25, -0.2) is 0 Å². The van der Waals surface area contributed by atoms with Gasteiger partial charge < -0.3 is 10.2 Å². The maximum absolute atomic E-state index is 9.39. The molecular formula is C17H25NO2. The largest absolute Gasteiger partial charge is 0.512 e. The summed E-state index contributed by atoms with van der Waals surface area (Å²) >= 11 is 0. The molecule has 0 spiro atoms. The Hall–Kier alpha value is -1.40. The number of rotatable bonds is 5. The van der Waals surface area contributed by atoms with E-state index in [2.05, 4.69) is 16.9 Å². The minimum atomic E-state index is 0.105. The maximum atomic E-state index is 9.39. The molecule has 2 aliphatic heterocycles. The lowest BCUT2D eigenvalue weighted by Gasteiger charge is -2.42. The fourth-order valence-electron chi connectivity index (χ4n) is 3.82. The molecule has 0 radical (unpaired) electrons. The molecule has 20 heavy (non-hydrogen) atoms. The Labute approximate surface area is 122 Å². The van der Waals surface area contributed by atoms with Crippen molar-refractivity contribution in [2.75, 3.05) is 6.54 Å². The van der Waals surface area contributed by atoms with Crippen molar-refractivity contribution in [1.29, 1.82) is 0 Å². The van der Waals surface area contributed by atoms with Crippen LogP contribution in [-0.4, -0.2) is 33.7 Å². The summed E-state index contributed by atoms with van der Waals surface area (Å²) < 4.78 is 0. The summed E-state index contributed by atoms with van der Waals surface area (Å²) in [6.45, 7) is 1.19. The topological polar surface area (TPSA) is 43.7 Å². The van der Waals surface area contributed by atoms with E-state index in [1.54, 1.807) is 6.08 Å². The average Bonchev–Trinajstić information content (AvgIpc) is 2.95. The highest BCUT2D eigenvalue weighted by Crippen LogP contribution is 2.38. The van der Waals surface area contributed by atoms with Gasteiger partial charge in [-0.05, 0) is 57.1 Å². The maximum Gasteiger partial charge on any atom is 0.126 e. The van der Waals surface area contributed by atoms with Crippen molar-refractivity contribution >= 4 is 0 Å². The van der Waals surface area contributed by atoms with Crippen LogP contribution in [0, 0.1) is 18.3 Å². The van der Waals surface area contributed by atoms with Gasteiger partial charge in [-0.3, -0.25) is 4.90 Å². The minimum Gasteiger partial charge on any atom is -0.512 e. The molecule has 0 aromatic heterocycles. The molecule has 0 aromatic rings. The second kappa shape index (κ2) is 7.40. The zero-order valence-electron chi connectivity index (χ0n) is 12.0. The Morgan fingerprint density at radius 1 is 1.35 bits per heavy atom. The molecular weight excluding hydrogens is 250 g/mol. The summed E-state index contributed by atoms with van der Waals surface area (Å²) in [5.41, 5.74) is 0. The number of hydrogen-bond donors (Lipinski definition) is 2. The van der Waals surface area contributed by atoms with Gasteiger partial charge in [0.15, 0.2) is 0 Å². The Balaban J connectivity index is 1.91. The van der Waals surface area contributed by atoms with Crippen molar-refractivity contribution in [3.8, 4) is 12.3 Å². The van der Waals surface area contributed by atoms with Crippen LogP contribution in [-0.2, 0) is 0 Å². The van der Waals surface area contributed by atoms with Crippen molar-refractivity contribution in [3.63, 3.8) is 0 Å². The summed E-state index contributed by atoms with van der Waals surface area (Å²) in [6.07, 6.45) is 17.6. The molecule has 3 heteroatoms. The van der Waals surface area contributed by atoms with Crippen LogP contribution >= 0.6 is 0 Å². The number of nitrogens with zero attached hydrogens (tertiary/aromatic N) is 1. The lowest BCUT2D eigenvalue weighted by Crippen LogP contribution is -2.47. The number of allylic oxidation sites excluding steroid dienone is 2. The molecule has 3 nitrogen and oxygen atoms in total. The van der Waals surface area contributed by atoms with Crippen LogP contribution in [0.1, 0.15) is 44.9 Å². The van der Waals surface area contributed by atoms with E-state index in [0.29, 0.717) is 24.4 Å². The monoisotopic (exact) mass is 275 g/mol. The Bertz CT molecular complexity index is 408. The van der Waals surface area contributed by atoms with E-state index in [4.69, 9.17) is 11.5 Å². The summed E-state index contributed by atoms with van der Waals surface area (Å²) in [5.74, 6) is 3.31. The third-order valence-electron chi connectivity index (χ3n) is 4.77. The van der Waals surface area contributed by atoms with Gasteiger partial charge in [-0.2, -0.15) is 0 Å². The minimum absolute atomic E-state index is 0.105. The van der Waals surface area contributed by atoms with Gasteiger partial charge in [0, 0.05) is 18.5 Å². The third-order valence-corrected chi connectivity index (χ3v) is 4.77. The van der Waals surface area contributed by atoms with E-state index in [9.17, 15) is 5.11 Å². The second-order valence-corrected chi connectivity index (χ2v) is 5.90. The molecule has 2 aliphatic rings. The Morgan fingerprint density at radius 3 is 2.95 bits per heavy atom. The quantitative estimate of drug-likeness (QED) is 0.596. The van der Waals surface area contributed by atoms with E-state index in [1.165, 1.54) is 32.2 Å². The van der Waals surface area contributed by atoms with Crippen LogP contribution in [0.5, 0.6) is 0 Å². The van der Waals surface area contributed by atoms with Gasteiger partial charge in [0.05, 0.1) is 0 Å². The number of piperidine rings is 1. The molecule has 0 aliphatic carbocycles. The van der Waals surface area contributed by atoms with Gasteiger partial charge in [-0.1, -0.05) is 12.0 Å². The first-order valence-electron chi connectivity index (χ1n) is 7.65. The molecule has 2 saturated heterocycles. The first kappa shape index (κ1) is 15.0. The van der Waals surface area contributed by atoms with Crippen LogP contribution in [0.4, 0.5) is 0 Å². The molecule has 110 valence electrons. The van der Waals surface area contributed by atoms with E-state index >= 15 is 0 Å². The first-order chi connectivity index (χ1) is 9.76. The third kappa shape index (κ3) is 3.58. The van der Waals surface area contributed by atoms with Gasteiger partial charge in [0.1, 0.15) is 12.0 Å².